The van der Waals surface area contributed by atoms with Gasteiger partial charge in [0.15, 0.2) is 5.65 Å². The summed E-state index contributed by atoms with van der Waals surface area (Å²) < 4.78 is 1.85. The van der Waals surface area contributed by atoms with Gasteiger partial charge in [-0.25, -0.2) is 9.50 Å². The van der Waals surface area contributed by atoms with Crippen molar-refractivity contribution in [1.82, 2.24) is 19.9 Å². The van der Waals surface area contributed by atoms with Gasteiger partial charge in [-0.2, -0.15) is 5.10 Å². The average molecular weight is 389 g/mol. The lowest BCUT2D eigenvalue weighted by molar-refractivity contribution is -0.120. The molecule has 2 heterocycles. The number of fused-ring (bicyclic) bond motifs is 1. The highest BCUT2D eigenvalue weighted by Gasteiger charge is 2.15. The van der Waals surface area contributed by atoms with Gasteiger partial charge in [0.1, 0.15) is 0 Å². The van der Waals surface area contributed by atoms with Crippen LogP contribution < -0.4 is 5.32 Å². The smallest absolute Gasteiger partial charge is 0.224 e. The molecule has 0 unspecified atom stereocenters. The number of carbonyl (C=O) groups excluding carboxylic acids is 1. The summed E-state index contributed by atoms with van der Waals surface area (Å²) in [5.74, 6) is 0.0456. The van der Waals surface area contributed by atoms with Crippen molar-refractivity contribution in [2.24, 2.45) is 0 Å². The first-order valence-electron chi connectivity index (χ1n) is 10.5. The van der Waals surface area contributed by atoms with Crippen molar-refractivity contribution in [3.8, 4) is 11.3 Å². The minimum absolute atomic E-state index is 0.0456. The molecule has 0 saturated heterocycles. The maximum Gasteiger partial charge on any atom is 0.224 e. The topological polar surface area (TPSA) is 59.3 Å². The fourth-order valence-electron chi connectivity index (χ4n) is 4.05. The average Bonchev–Trinajstić information content (AvgIpc) is 3.17. The lowest BCUT2D eigenvalue weighted by Crippen LogP contribution is -2.27. The molecule has 1 aliphatic carbocycles. The number of hydrogen-bond acceptors (Lipinski definition) is 3. The van der Waals surface area contributed by atoms with Crippen molar-refractivity contribution in [3.63, 3.8) is 0 Å². The quantitative estimate of drug-likeness (QED) is 0.630. The first-order valence-corrected chi connectivity index (χ1v) is 10.5. The molecule has 1 amide bonds. The standard InChI is InChI=1S/C24H28N4O/c1-17-21(15-24(29)25-14-13-19-9-5-3-6-10-19)18(2)28-23(26-17)16-22(27-28)20-11-7-4-8-12-20/h4,7-9,11-12,16H,3,5-6,10,13-15H2,1-2H3,(H,25,29). The maximum absolute atomic E-state index is 12.5. The van der Waals surface area contributed by atoms with E-state index in [2.05, 4.69) is 11.4 Å². The zero-order valence-electron chi connectivity index (χ0n) is 17.2. The molecule has 0 atom stereocenters. The van der Waals surface area contributed by atoms with Gasteiger partial charge in [-0.3, -0.25) is 4.79 Å². The third kappa shape index (κ3) is 4.39. The predicted octanol–water partition coefficient (Wildman–Crippen LogP) is 4.56. The molecule has 3 aromatic rings. The Bertz CT molecular complexity index is 1050. The van der Waals surface area contributed by atoms with Crippen molar-refractivity contribution >= 4 is 11.6 Å². The molecule has 1 N–H and O–H groups in total. The van der Waals surface area contributed by atoms with Crippen LogP contribution >= 0.6 is 0 Å². The number of nitrogens with zero attached hydrogens (tertiary/aromatic N) is 3. The van der Waals surface area contributed by atoms with Gasteiger partial charge in [0.05, 0.1) is 12.1 Å². The molecular weight excluding hydrogens is 360 g/mol. The number of nitrogens with one attached hydrogen (secondary N) is 1. The molecule has 4 rings (SSSR count). The van der Waals surface area contributed by atoms with E-state index >= 15 is 0 Å². The van der Waals surface area contributed by atoms with E-state index in [1.807, 2.05) is 54.8 Å². The summed E-state index contributed by atoms with van der Waals surface area (Å²) in [5, 5.41) is 7.80. The summed E-state index contributed by atoms with van der Waals surface area (Å²) in [6.45, 7) is 4.69. The number of allylic oxidation sites excluding steroid dienone is 1. The highest BCUT2D eigenvalue weighted by atomic mass is 16.1. The summed E-state index contributed by atoms with van der Waals surface area (Å²) >= 11 is 0. The fraction of sp³-hybridized carbons (Fsp3) is 0.375. The van der Waals surface area contributed by atoms with E-state index < -0.39 is 0 Å². The molecule has 0 fully saturated rings. The molecule has 5 heteroatoms. The van der Waals surface area contributed by atoms with Crippen LogP contribution in [0.15, 0.2) is 48.0 Å². The predicted molar refractivity (Wildman–Crippen MR) is 116 cm³/mol. The first-order chi connectivity index (χ1) is 14.1. The van der Waals surface area contributed by atoms with E-state index in [4.69, 9.17) is 10.1 Å². The minimum Gasteiger partial charge on any atom is -0.355 e. The van der Waals surface area contributed by atoms with E-state index in [1.54, 1.807) is 0 Å². The zero-order valence-corrected chi connectivity index (χ0v) is 17.2. The van der Waals surface area contributed by atoms with Gasteiger partial charge in [-0.05, 0) is 46.0 Å². The lowest BCUT2D eigenvalue weighted by Gasteiger charge is -2.14. The summed E-state index contributed by atoms with van der Waals surface area (Å²) in [5.41, 5.74) is 7.06. The molecule has 1 aliphatic rings. The van der Waals surface area contributed by atoms with Crippen LogP contribution in [-0.2, 0) is 11.2 Å². The highest BCUT2D eigenvalue weighted by Crippen LogP contribution is 2.22. The Labute approximate surface area is 171 Å². The van der Waals surface area contributed by atoms with Gasteiger partial charge >= 0.3 is 0 Å². The van der Waals surface area contributed by atoms with E-state index in [9.17, 15) is 4.79 Å². The third-order valence-electron chi connectivity index (χ3n) is 5.72. The Morgan fingerprint density at radius 1 is 1.17 bits per heavy atom. The third-order valence-corrected chi connectivity index (χ3v) is 5.72. The molecule has 29 heavy (non-hydrogen) atoms. The summed E-state index contributed by atoms with van der Waals surface area (Å²) in [7, 11) is 0. The molecule has 0 saturated carbocycles. The van der Waals surface area contributed by atoms with E-state index in [1.165, 1.54) is 31.3 Å². The first kappa shape index (κ1) is 19.4. The number of carbonyl (C=O) groups is 1. The van der Waals surface area contributed by atoms with Crippen molar-refractivity contribution in [1.29, 1.82) is 0 Å². The van der Waals surface area contributed by atoms with Crippen LogP contribution in [0.5, 0.6) is 0 Å². The Morgan fingerprint density at radius 3 is 2.76 bits per heavy atom. The summed E-state index contributed by atoms with van der Waals surface area (Å²) in [4.78, 5) is 17.2. The highest BCUT2D eigenvalue weighted by molar-refractivity contribution is 5.79. The maximum atomic E-state index is 12.5. The number of rotatable bonds is 6. The largest absolute Gasteiger partial charge is 0.355 e. The van der Waals surface area contributed by atoms with E-state index in [-0.39, 0.29) is 5.91 Å². The van der Waals surface area contributed by atoms with Crippen LogP contribution in [0.25, 0.3) is 16.9 Å². The fourth-order valence-corrected chi connectivity index (χ4v) is 4.05. The van der Waals surface area contributed by atoms with Crippen molar-refractivity contribution in [2.75, 3.05) is 6.54 Å². The minimum atomic E-state index is 0.0456. The molecule has 150 valence electrons. The molecular formula is C24H28N4O. The molecule has 0 aliphatic heterocycles. The van der Waals surface area contributed by atoms with Gasteiger partial charge in [0, 0.05) is 35.1 Å². The monoisotopic (exact) mass is 388 g/mol. The summed E-state index contributed by atoms with van der Waals surface area (Å²) in [6.07, 6.45) is 8.56. The van der Waals surface area contributed by atoms with Crippen LogP contribution in [0.1, 0.15) is 49.1 Å². The van der Waals surface area contributed by atoms with E-state index in [0.717, 1.165) is 40.3 Å². The van der Waals surface area contributed by atoms with Gasteiger partial charge in [-0.1, -0.05) is 42.0 Å². The number of amides is 1. The number of aryl methyl sites for hydroxylation is 2. The van der Waals surface area contributed by atoms with Crippen LogP contribution in [0, 0.1) is 13.8 Å². The van der Waals surface area contributed by atoms with Crippen molar-refractivity contribution < 1.29 is 4.79 Å². The van der Waals surface area contributed by atoms with Crippen LogP contribution in [0.3, 0.4) is 0 Å². The molecule has 0 spiro atoms. The second-order valence-electron chi connectivity index (χ2n) is 7.81. The number of benzene rings is 1. The van der Waals surface area contributed by atoms with Gasteiger partial charge in [-0.15, -0.1) is 0 Å². The Balaban J connectivity index is 1.48. The molecule has 1 aromatic carbocycles. The zero-order chi connectivity index (χ0) is 20.2. The lowest BCUT2D eigenvalue weighted by atomic mass is 9.97. The van der Waals surface area contributed by atoms with Crippen LogP contribution in [-0.4, -0.2) is 27.0 Å². The normalized spacial score (nSPS) is 14.1. The number of hydrogen-bond donors (Lipinski definition) is 1. The van der Waals surface area contributed by atoms with Crippen molar-refractivity contribution in [2.45, 2.75) is 52.4 Å². The second kappa shape index (κ2) is 8.60. The summed E-state index contributed by atoms with van der Waals surface area (Å²) in [6, 6.07) is 12.1. The Morgan fingerprint density at radius 2 is 2.00 bits per heavy atom. The van der Waals surface area contributed by atoms with Gasteiger partial charge < -0.3 is 5.32 Å². The van der Waals surface area contributed by atoms with Gasteiger partial charge in [0.2, 0.25) is 5.91 Å². The van der Waals surface area contributed by atoms with Crippen molar-refractivity contribution in [3.05, 3.63) is 65.0 Å². The van der Waals surface area contributed by atoms with Gasteiger partial charge in [0.25, 0.3) is 0 Å². The van der Waals surface area contributed by atoms with E-state index in [0.29, 0.717) is 13.0 Å². The molecule has 2 aromatic heterocycles. The SMILES string of the molecule is Cc1nc2cc(-c3ccccc3)nn2c(C)c1CC(=O)NCCC1=CCCCC1. The number of aromatic nitrogens is 3. The molecule has 0 radical (unpaired) electrons. The van der Waals surface area contributed by atoms with Crippen LogP contribution in [0.2, 0.25) is 0 Å². The Hall–Kier alpha value is -2.95. The van der Waals surface area contributed by atoms with Crippen LogP contribution in [0.4, 0.5) is 0 Å². The molecule has 5 nitrogen and oxygen atoms in total. The Kier molecular flexibility index (Phi) is 5.74. The molecule has 0 bridgehead atoms. The second-order valence-corrected chi connectivity index (χ2v) is 7.81.